The van der Waals surface area contributed by atoms with Gasteiger partial charge < -0.3 is 8.98 Å². The summed E-state index contributed by atoms with van der Waals surface area (Å²) >= 11 is 1.87. The fourth-order valence-corrected chi connectivity index (χ4v) is 22.3. The van der Waals surface area contributed by atoms with Crippen LogP contribution in [-0.4, -0.2) is 4.57 Å². The number of rotatable bonds is 11. The van der Waals surface area contributed by atoms with Crippen LogP contribution in [0.15, 0.2) is 490 Å². The number of thiophene rings is 1. The smallest absolute Gasteiger partial charge is 0.135 e. The first-order valence-electron chi connectivity index (χ1n) is 48.7. The van der Waals surface area contributed by atoms with Crippen LogP contribution in [0.3, 0.4) is 0 Å². The van der Waals surface area contributed by atoms with Crippen LogP contribution in [0.2, 0.25) is 0 Å². The van der Waals surface area contributed by atoms with E-state index in [0.29, 0.717) is 0 Å². The molecule has 0 saturated heterocycles. The third-order valence-electron chi connectivity index (χ3n) is 28.7. The Hall–Kier alpha value is -16.6. The third kappa shape index (κ3) is 17.3. The van der Waals surface area contributed by atoms with E-state index in [-0.39, 0.29) is 10.8 Å². The highest BCUT2D eigenvalue weighted by molar-refractivity contribution is 7.25. The van der Waals surface area contributed by atoms with E-state index in [4.69, 9.17) is 4.42 Å². The molecule has 0 radical (unpaired) electrons. The quantitative estimate of drug-likeness (QED) is 0.126. The molecule has 0 bridgehead atoms. The molecule has 2 aliphatic rings. The molecule has 0 aliphatic heterocycles. The summed E-state index contributed by atoms with van der Waals surface area (Å²) in [5.41, 5.74) is 48.7. The molecule has 2 nitrogen and oxygen atoms in total. The Labute approximate surface area is 825 Å². The highest BCUT2D eigenvalue weighted by Crippen LogP contribution is 2.53. The zero-order valence-electron chi connectivity index (χ0n) is 80.5. The number of hydrogen-bond acceptors (Lipinski definition) is 2. The van der Waals surface area contributed by atoms with Gasteiger partial charge in [-0.1, -0.05) is 404 Å². The number of hydrogen-bond donors (Lipinski definition) is 0. The summed E-state index contributed by atoms with van der Waals surface area (Å²) in [7, 11) is 0. The van der Waals surface area contributed by atoms with Gasteiger partial charge in [-0.3, -0.25) is 0 Å². The molecule has 3 heteroatoms. The van der Waals surface area contributed by atoms with Crippen LogP contribution in [0, 0.1) is 34.6 Å². The molecule has 0 atom stereocenters. The maximum absolute atomic E-state index is 5.97. The molecule has 0 spiro atoms. The Morgan fingerprint density at radius 3 is 1.01 bits per heavy atom. The van der Waals surface area contributed by atoms with Crippen molar-refractivity contribution >= 4 is 75.3 Å². The van der Waals surface area contributed by atoms with Gasteiger partial charge in [-0.25, -0.2) is 0 Å². The molecule has 140 heavy (non-hydrogen) atoms. The van der Waals surface area contributed by atoms with Gasteiger partial charge in [-0.15, -0.1) is 11.3 Å². The maximum Gasteiger partial charge on any atom is 0.135 e. The van der Waals surface area contributed by atoms with E-state index in [2.05, 4.69) is 540 Å². The average molecular weight is 1820 g/mol. The van der Waals surface area contributed by atoms with Crippen molar-refractivity contribution in [2.45, 2.75) is 73.1 Å². The largest absolute Gasteiger partial charge is 0.456 e. The Morgan fingerprint density at radius 2 is 0.507 bits per heavy atom. The lowest BCUT2D eigenvalue weighted by atomic mass is 9.81. The monoisotopic (exact) mass is 1810 g/mol. The van der Waals surface area contributed by atoms with Crippen LogP contribution in [-0.2, 0) is 10.8 Å². The van der Waals surface area contributed by atoms with Crippen molar-refractivity contribution in [2.24, 2.45) is 0 Å². The molecular formula is C137H107NOS. The third-order valence-corrected chi connectivity index (χ3v) is 29.9. The molecule has 24 aromatic rings. The van der Waals surface area contributed by atoms with Gasteiger partial charge in [0, 0.05) is 58.2 Å². The summed E-state index contributed by atoms with van der Waals surface area (Å²) in [6, 6.07) is 175. The van der Waals surface area contributed by atoms with Crippen LogP contribution in [0.4, 0.5) is 0 Å². The molecule has 3 heterocycles. The van der Waals surface area contributed by atoms with Gasteiger partial charge in [0.1, 0.15) is 11.2 Å². The van der Waals surface area contributed by atoms with E-state index in [0.717, 1.165) is 11.2 Å². The van der Waals surface area contributed by atoms with E-state index in [9.17, 15) is 0 Å². The van der Waals surface area contributed by atoms with Crippen molar-refractivity contribution in [1.29, 1.82) is 0 Å². The highest BCUT2D eigenvalue weighted by Gasteiger charge is 2.37. The number of aromatic nitrogens is 1. The van der Waals surface area contributed by atoms with Crippen molar-refractivity contribution in [2.75, 3.05) is 0 Å². The molecule has 21 aromatic carbocycles. The summed E-state index contributed by atoms with van der Waals surface area (Å²) in [6.45, 7) is 20.3. The first-order valence-corrected chi connectivity index (χ1v) is 49.5. The predicted molar refractivity (Wildman–Crippen MR) is 600 cm³/mol. The summed E-state index contributed by atoms with van der Waals surface area (Å²) in [6.07, 6.45) is 0. The van der Waals surface area contributed by atoms with E-state index >= 15 is 0 Å². The number of aryl methyl sites for hydroxylation is 5. The predicted octanol–water partition coefficient (Wildman–Crippen LogP) is 38.6. The normalized spacial score (nSPS) is 12.3. The second-order valence-electron chi connectivity index (χ2n) is 38.4. The second-order valence-corrected chi connectivity index (χ2v) is 39.5. The fourth-order valence-electron chi connectivity index (χ4n) is 21.3. The van der Waals surface area contributed by atoms with Crippen LogP contribution < -0.4 is 0 Å². The minimum Gasteiger partial charge on any atom is -0.456 e. The second kappa shape index (κ2) is 37.8. The first-order chi connectivity index (χ1) is 68.5. The zero-order valence-corrected chi connectivity index (χ0v) is 81.3. The van der Waals surface area contributed by atoms with Gasteiger partial charge in [0.25, 0.3) is 0 Å². The Kier molecular flexibility index (Phi) is 24.0. The highest BCUT2D eigenvalue weighted by atomic mass is 32.1. The molecule has 0 amide bonds. The van der Waals surface area contributed by atoms with Gasteiger partial charge in [-0.05, 0) is 327 Å². The number of para-hydroxylation sites is 3. The number of nitrogens with zero attached hydrogens (tertiary/aromatic N) is 1. The van der Waals surface area contributed by atoms with Crippen molar-refractivity contribution < 1.29 is 4.42 Å². The van der Waals surface area contributed by atoms with Crippen molar-refractivity contribution in [1.82, 2.24) is 4.57 Å². The van der Waals surface area contributed by atoms with Gasteiger partial charge in [0.2, 0.25) is 0 Å². The van der Waals surface area contributed by atoms with Gasteiger partial charge >= 0.3 is 0 Å². The lowest BCUT2D eigenvalue weighted by Gasteiger charge is -2.22. The summed E-state index contributed by atoms with van der Waals surface area (Å²) in [5.74, 6) is 0. The molecule has 0 fully saturated rings. The number of fused-ring (bicyclic) bond motifs is 15. The minimum atomic E-state index is 0.0346. The lowest BCUT2D eigenvalue weighted by molar-refractivity contribution is 0.660. The molecule has 672 valence electrons. The molecule has 3 aromatic heterocycles. The molecule has 26 rings (SSSR count). The Balaban J connectivity index is 0.000000101. The van der Waals surface area contributed by atoms with E-state index in [1.54, 1.807) is 0 Å². The van der Waals surface area contributed by atoms with Crippen molar-refractivity contribution in [3.63, 3.8) is 0 Å². The molecule has 0 saturated carbocycles. The van der Waals surface area contributed by atoms with Crippen LogP contribution in [0.1, 0.15) is 77.8 Å². The summed E-state index contributed by atoms with van der Waals surface area (Å²) in [5, 5.41) is 7.61. The summed E-state index contributed by atoms with van der Waals surface area (Å²) in [4.78, 5) is 0. The molecule has 0 N–H and O–H groups in total. The van der Waals surface area contributed by atoms with Crippen molar-refractivity contribution in [3.8, 4) is 139 Å². The minimum absolute atomic E-state index is 0.0346. The van der Waals surface area contributed by atoms with Gasteiger partial charge in [0.15, 0.2) is 0 Å². The molecule has 2 aliphatic carbocycles. The van der Waals surface area contributed by atoms with Crippen LogP contribution >= 0.6 is 11.3 Å². The van der Waals surface area contributed by atoms with Gasteiger partial charge in [0.05, 0.1) is 11.0 Å². The van der Waals surface area contributed by atoms with Gasteiger partial charge in [-0.2, -0.15) is 0 Å². The van der Waals surface area contributed by atoms with E-state index < -0.39 is 0 Å². The number of furan rings is 1. The fraction of sp³-hybridized carbons (Fsp3) is 0.0803. The Bertz CT molecular complexity index is 8550. The lowest BCUT2D eigenvalue weighted by Crippen LogP contribution is -2.14. The Morgan fingerprint density at radius 1 is 0.186 bits per heavy atom. The maximum atomic E-state index is 5.97. The standard InChI is InChI=1S/C31H23N.2C28H24.C25H18O.C25H18S/c1-22-16-17-24(23-10-4-2-5-11-23)20-28(22)25-18-19-31-29(21-25)27-14-8-9-15-30(27)32(31)26-12-6-3-7-13-26;1-19-15-22(20-9-5-4-6-10-20)17-23(16-19)21-13-14-25-24-11-7-8-12-26(24)28(2,3)27(25)18-21;1-19-13-14-21(20-9-5-4-6-10-20)17-25(19)22-15-16-24-23-11-7-8-12-26(23)28(2,3)27(24)18-22;2*1-17-11-12-19(18-7-3-2-4-8-18)15-22(17)20-13-14-25-23(16-20)21-9-5-6-10-24(21)26-25/h2-21H,1H3;2*4-18H,1-3H3;2*2-16H,1H3. The van der Waals surface area contributed by atoms with Crippen LogP contribution in [0.5, 0.6) is 0 Å². The van der Waals surface area contributed by atoms with Crippen molar-refractivity contribution in [3.05, 3.63) is 535 Å². The van der Waals surface area contributed by atoms with E-state index in [1.165, 1.54) is 242 Å². The zero-order chi connectivity index (χ0) is 95.1. The SMILES string of the molecule is Cc1cc(-c2ccccc2)cc(-c2ccc3c(c2)C(C)(C)c2ccccc2-3)c1.Cc1ccc(-c2ccccc2)cc1-c1ccc2c(c1)C(C)(C)c1ccccc1-2.Cc1ccc(-c2ccccc2)cc1-c1ccc2c(c1)c1ccccc1n2-c1ccccc1.Cc1ccc(-c2ccccc2)cc1-c1ccc2oc3ccccc3c2c1.Cc1ccc(-c2ccccc2)cc1-c1ccc2sc3ccccc3c2c1. The average Bonchev–Trinajstić information content (AvgIpc) is 1.59. The van der Waals surface area contributed by atoms with Crippen LogP contribution in [0.25, 0.3) is 203 Å². The number of benzene rings is 21. The van der Waals surface area contributed by atoms with E-state index in [1.807, 2.05) is 23.5 Å². The molecular weight excluding hydrogens is 1710 g/mol. The summed E-state index contributed by atoms with van der Waals surface area (Å²) < 4.78 is 11.0. The molecule has 0 unspecified atom stereocenters. The topological polar surface area (TPSA) is 18.1 Å². The first kappa shape index (κ1) is 88.7.